The van der Waals surface area contributed by atoms with Crippen LogP contribution in [0.5, 0.6) is 0 Å². The lowest BCUT2D eigenvalue weighted by molar-refractivity contribution is -0.138. The van der Waals surface area contributed by atoms with Crippen LogP contribution in [0.2, 0.25) is 0 Å². The van der Waals surface area contributed by atoms with E-state index >= 15 is 0 Å². The molecule has 2 aliphatic heterocycles. The summed E-state index contributed by atoms with van der Waals surface area (Å²) in [6.07, 6.45) is 7.37. The third kappa shape index (κ3) is 2.28. The van der Waals surface area contributed by atoms with Crippen molar-refractivity contribution < 1.29 is 4.79 Å². The molecule has 21 heavy (non-hydrogen) atoms. The lowest BCUT2D eigenvalue weighted by Crippen LogP contribution is -2.51. The van der Waals surface area contributed by atoms with Gasteiger partial charge in [-0.2, -0.15) is 0 Å². The number of hydrogen-bond donors (Lipinski definition) is 1. The van der Waals surface area contributed by atoms with Crippen molar-refractivity contribution in [2.45, 2.75) is 50.6 Å². The molecule has 0 spiro atoms. The van der Waals surface area contributed by atoms with Crippen LogP contribution < -0.4 is 5.32 Å². The van der Waals surface area contributed by atoms with E-state index in [-0.39, 0.29) is 6.04 Å². The van der Waals surface area contributed by atoms with Crippen LogP contribution in [0.1, 0.15) is 49.3 Å². The number of nitrogens with zero attached hydrogens (tertiary/aromatic N) is 1. The van der Waals surface area contributed by atoms with Crippen LogP contribution in [0.4, 0.5) is 0 Å². The Morgan fingerprint density at radius 2 is 2.00 bits per heavy atom. The smallest absolute Gasteiger partial charge is 0.244 e. The molecular weight excluding hydrogens is 260 g/mol. The first-order valence-electron chi connectivity index (χ1n) is 8.46. The molecule has 112 valence electrons. The highest BCUT2D eigenvalue weighted by atomic mass is 16.2. The topological polar surface area (TPSA) is 32.3 Å². The molecule has 1 aliphatic carbocycles. The molecule has 2 fully saturated rings. The van der Waals surface area contributed by atoms with Crippen molar-refractivity contribution in [3.63, 3.8) is 0 Å². The van der Waals surface area contributed by atoms with Crippen LogP contribution in [0, 0.1) is 5.92 Å². The number of carbonyl (C=O) groups is 1. The number of fused-ring (bicyclic) bond motifs is 2. The van der Waals surface area contributed by atoms with Gasteiger partial charge >= 0.3 is 0 Å². The highest BCUT2D eigenvalue weighted by molar-refractivity contribution is 5.84. The fraction of sp³-hybridized carbons (Fsp3) is 0.611. The SMILES string of the molecule is O=C(C1NCCc2ccccc21)N1CCCC2CCCC21. The number of rotatable bonds is 1. The molecule has 1 aromatic carbocycles. The molecule has 1 saturated carbocycles. The molecule has 4 rings (SSSR count). The number of benzene rings is 1. The summed E-state index contributed by atoms with van der Waals surface area (Å²) in [5, 5.41) is 3.46. The Kier molecular flexibility index (Phi) is 3.46. The molecule has 0 bridgehead atoms. The van der Waals surface area contributed by atoms with Gasteiger partial charge in [0.2, 0.25) is 5.91 Å². The second-order valence-corrected chi connectivity index (χ2v) is 6.77. The van der Waals surface area contributed by atoms with Crippen molar-refractivity contribution >= 4 is 5.91 Å². The first-order valence-corrected chi connectivity index (χ1v) is 8.46. The minimum absolute atomic E-state index is 0.116. The molecule has 0 aromatic heterocycles. The minimum Gasteiger partial charge on any atom is -0.338 e. The predicted molar refractivity (Wildman–Crippen MR) is 83.0 cm³/mol. The molecule has 3 unspecified atom stereocenters. The lowest BCUT2D eigenvalue weighted by atomic mass is 9.89. The predicted octanol–water partition coefficient (Wildman–Crippen LogP) is 2.66. The Morgan fingerprint density at radius 3 is 2.95 bits per heavy atom. The molecule has 3 nitrogen and oxygen atoms in total. The lowest BCUT2D eigenvalue weighted by Gasteiger charge is -2.40. The van der Waals surface area contributed by atoms with Crippen LogP contribution in [0.15, 0.2) is 24.3 Å². The van der Waals surface area contributed by atoms with E-state index in [1.807, 2.05) is 0 Å². The molecular formula is C18H24N2O. The van der Waals surface area contributed by atoms with E-state index in [0.717, 1.165) is 25.4 Å². The van der Waals surface area contributed by atoms with Gasteiger partial charge in [-0.25, -0.2) is 0 Å². The zero-order valence-corrected chi connectivity index (χ0v) is 12.6. The summed E-state index contributed by atoms with van der Waals surface area (Å²) in [6, 6.07) is 8.84. The normalized spacial score (nSPS) is 31.6. The van der Waals surface area contributed by atoms with Gasteiger partial charge in [0, 0.05) is 19.1 Å². The van der Waals surface area contributed by atoms with Crippen molar-refractivity contribution in [1.82, 2.24) is 10.2 Å². The van der Waals surface area contributed by atoms with Crippen LogP contribution in [0.3, 0.4) is 0 Å². The van der Waals surface area contributed by atoms with Crippen molar-refractivity contribution in [3.8, 4) is 0 Å². The largest absolute Gasteiger partial charge is 0.338 e. The average molecular weight is 284 g/mol. The highest BCUT2D eigenvalue weighted by Crippen LogP contribution is 2.38. The van der Waals surface area contributed by atoms with E-state index in [1.54, 1.807) is 0 Å². The standard InChI is InChI=1S/C18H24N2O/c21-18(20-12-4-7-14-6-3-9-16(14)20)17-15-8-2-1-5-13(15)10-11-19-17/h1-2,5,8,14,16-17,19H,3-4,6-7,9-12H2. The molecule has 1 N–H and O–H groups in total. The van der Waals surface area contributed by atoms with Gasteiger partial charge in [-0.15, -0.1) is 0 Å². The second-order valence-electron chi connectivity index (χ2n) is 6.77. The number of carbonyl (C=O) groups excluding carboxylic acids is 1. The van der Waals surface area contributed by atoms with Gasteiger partial charge in [-0.05, 0) is 49.1 Å². The summed E-state index contributed by atoms with van der Waals surface area (Å²) in [6.45, 7) is 1.87. The number of nitrogens with one attached hydrogen (secondary N) is 1. The monoisotopic (exact) mass is 284 g/mol. The zero-order valence-electron chi connectivity index (χ0n) is 12.6. The summed E-state index contributed by atoms with van der Waals surface area (Å²) >= 11 is 0. The maximum atomic E-state index is 13.1. The third-order valence-electron chi connectivity index (χ3n) is 5.63. The van der Waals surface area contributed by atoms with E-state index in [9.17, 15) is 4.79 Å². The number of hydrogen-bond acceptors (Lipinski definition) is 2. The van der Waals surface area contributed by atoms with E-state index in [1.165, 1.54) is 43.2 Å². The Balaban J connectivity index is 1.60. The summed E-state index contributed by atoms with van der Waals surface area (Å²) in [5.74, 6) is 1.08. The summed E-state index contributed by atoms with van der Waals surface area (Å²) in [7, 11) is 0. The number of amides is 1. The molecule has 1 saturated heterocycles. The van der Waals surface area contributed by atoms with Gasteiger partial charge in [-0.3, -0.25) is 4.79 Å². The van der Waals surface area contributed by atoms with Crippen LogP contribution >= 0.6 is 0 Å². The first kappa shape index (κ1) is 13.3. The number of piperidine rings is 1. The van der Waals surface area contributed by atoms with Gasteiger partial charge < -0.3 is 10.2 Å². The Morgan fingerprint density at radius 1 is 1.14 bits per heavy atom. The van der Waals surface area contributed by atoms with E-state index in [2.05, 4.69) is 34.5 Å². The number of likely N-dealkylation sites (tertiary alicyclic amines) is 1. The Bertz CT molecular complexity index is 542. The quantitative estimate of drug-likeness (QED) is 0.860. The molecule has 3 atom stereocenters. The zero-order chi connectivity index (χ0) is 14.2. The van der Waals surface area contributed by atoms with Crippen LogP contribution in [0.25, 0.3) is 0 Å². The van der Waals surface area contributed by atoms with E-state index < -0.39 is 0 Å². The van der Waals surface area contributed by atoms with Crippen molar-refractivity contribution in [3.05, 3.63) is 35.4 Å². The Labute approximate surface area is 126 Å². The molecule has 3 aliphatic rings. The summed E-state index contributed by atoms with van der Waals surface area (Å²) < 4.78 is 0. The van der Waals surface area contributed by atoms with E-state index in [0.29, 0.717) is 11.9 Å². The summed E-state index contributed by atoms with van der Waals surface area (Å²) in [4.78, 5) is 15.3. The summed E-state index contributed by atoms with van der Waals surface area (Å²) in [5.41, 5.74) is 2.54. The second kappa shape index (κ2) is 5.45. The van der Waals surface area contributed by atoms with Gasteiger partial charge in [0.1, 0.15) is 6.04 Å². The van der Waals surface area contributed by atoms with E-state index in [4.69, 9.17) is 0 Å². The van der Waals surface area contributed by atoms with Crippen molar-refractivity contribution in [2.24, 2.45) is 5.92 Å². The maximum absolute atomic E-state index is 13.1. The minimum atomic E-state index is -0.116. The van der Waals surface area contributed by atoms with Crippen LogP contribution in [-0.2, 0) is 11.2 Å². The molecule has 1 amide bonds. The average Bonchev–Trinajstić information content (AvgIpc) is 3.02. The van der Waals surface area contributed by atoms with Gasteiger partial charge in [0.05, 0.1) is 0 Å². The fourth-order valence-corrected chi connectivity index (χ4v) is 4.62. The molecule has 2 heterocycles. The third-order valence-corrected chi connectivity index (χ3v) is 5.63. The van der Waals surface area contributed by atoms with Crippen molar-refractivity contribution in [1.29, 1.82) is 0 Å². The van der Waals surface area contributed by atoms with Gasteiger partial charge in [0.15, 0.2) is 0 Å². The Hall–Kier alpha value is -1.35. The first-order chi connectivity index (χ1) is 10.3. The fourth-order valence-electron chi connectivity index (χ4n) is 4.62. The highest BCUT2D eigenvalue weighted by Gasteiger charge is 2.40. The molecule has 3 heteroatoms. The molecule has 0 radical (unpaired) electrons. The van der Waals surface area contributed by atoms with Crippen LogP contribution in [-0.4, -0.2) is 29.9 Å². The van der Waals surface area contributed by atoms with Crippen molar-refractivity contribution in [2.75, 3.05) is 13.1 Å². The maximum Gasteiger partial charge on any atom is 0.244 e. The molecule has 1 aromatic rings. The van der Waals surface area contributed by atoms with Gasteiger partial charge in [-0.1, -0.05) is 30.7 Å². The van der Waals surface area contributed by atoms with Gasteiger partial charge in [0.25, 0.3) is 0 Å².